The molecule has 0 saturated carbocycles. The molecule has 2 aromatic carbocycles. The van der Waals surface area contributed by atoms with Crippen LogP contribution in [0.3, 0.4) is 0 Å². The van der Waals surface area contributed by atoms with Crippen LogP contribution in [0.5, 0.6) is 0 Å². The molecule has 0 saturated heterocycles. The summed E-state index contributed by atoms with van der Waals surface area (Å²) in [5.41, 5.74) is 0. The molecule has 0 aromatic heterocycles. The summed E-state index contributed by atoms with van der Waals surface area (Å²) in [5, 5.41) is 0. The van der Waals surface area contributed by atoms with E-state index in [2.05, 4.69) is 30.3 Å². The number of benzene rings is 2. The van der Waals surface area contributed by atoms with E-state index in [1.54, 1.807) is 0 Å². The molecule has 3 rings (SSSR count). The Hall–Kier alpha value is -2.48. The number of thiocarbonyl (C=S) groups is 1. The van der Waals surface area contributed by atoms with Crippen molar-refractivity contribution in [3.05, 3.63) is 84.7 Å². The summed E-state index contributed by atoms with van der Waals surface area (Å²) in [4.78, 5) is 3.17. The first kappa shape index (κ1) is 40.7. The van der Waals surface area contributed by atoms with Crippen LogP contribution in [0.4, 0.5) is 15.5 Å². The molecule has 0 bridgehead atoms. The van der Waals surface area contributed by atoms with Crippen molar-refractivity contribution >= 4 is 70.3 Å². The summed E-state index contributed by atoms with van der Waals surface area (Å²) in [7, 11) is -20.9. The summed E-state index contributed by atoms with van der Waals surface area (Å²) in [6.07, 6.45) is 6.79. The highest BCUT2D eigenvalue weighted by atomic mass is 32.3. The number of hydrogen-bond donors (Lipinski definition) is 3. The fourth-order valence-electron chi connectivity index (χ4n) is 2.01. The van der Waals surface area contributed by atoms with Gasteiger partial charge in [-0.15, -0.1) is 3.89 Å². The van der Waals surface area contributed by atoms with Gasteiger partial charge in [-0.3, -0.25) is 17.8 Å². The smallest absolute Gasteiger partial charge is 0.435 e. The number of hydrogen-bond acceptors (Lipinski definition) is 11. The van der Waals surface area contributed by atoms with Crippen molar-refractivity contribution in [3.8, 4) is 0 Å². The Morgan fingerprint density at radius 3 is 1.27 bits per heavy atom. The van der Waals surface area contributed by atoms with Crippen LogP contribution < -0.4 is 0 Å². The van der Waals surface area contributed by atoms with Gasteiger partial charge in [0.2, 0.25) is 15.6 Å². The minimum atomic E-state index is -5.42. The number of halogens is 4. The molecule has 0 amide bonds. The van der Waals surface area contributed by atoms with Crippen molar-refractivity contribution in [2.75, 3.05) is 0 Å². The largest absolute Gasteiger partial charge is 0.722 e. The monoisotopic (exact) mass is 710 g/mol. The quantitative estimate of drug-likeness (QED) is 0.136. The first-order valence-corrected chi connectivity index (χ1v) is 16.3. The zero-order valence-electron chi connectivity index (χ0n) is 19.6. The average Bonchev–Trinajstić information content (AvgIpc) is 2.75. The van der Waals surface area contributed by atoms with Crippen molar-refractivity contribution in [3.63, 3.8) is 0 Å². The molecule has 1 aliphatic rings. The van der Waals surface area contributed by atoms with E-state index < -0.39 is 53.2 Å². The lowest BCUT2D eigenvalue weighted by Crippen LogP contribution is -2.13. The van der Waals surface area contributed by atoms with E-state index in [0.29, 0.717) is 0 Å². The second-order valence-corrected chi connectivity index (χ2v) is 11.6. The molecular weight excluding hydrogens is 693 g/mol. The molecule has 0 spiro atoms. The predicted molar refractivity (Wildman–Crippen MR) is 141 cm³/mol. The zero-order chi connectivity index (χ0) is 32.5. The first-order valence-electron chi connectivity index (χ1n) is 9.44. The second-order valence-electron chi connectivity index (χ2n) is 6.19. The Balaban J connectivity index is 0. The number of rotatable bonds is 4. The van der Waals surface area contributed by atoms with Crippen LogP contribution in [-0.2, 0) is 57.4 Å². The van der Waals surface area contributed by atoms with Gasteiger partial charge in [0, 0.05) is 6.42 Å². The first-order chi connectivity index (χ1) is 18.3. The minimum Gasteiger partial charge on any atom is -0.722 e. The molecule has 232 valence electrons. The lowest BCUT2D eigenvalue weighted by molar-refractivity contribution is 0.416. The molecule has 0 heterocycles. The lowest BCUT2D eigenvalue weighted by atomic mass is 10.2. The molecule has 2 aromatic rings. The maximum atomic E-state index is 10.2. The highest BCUT2D eigenvalue weighted by molar-refractivity contribution is 7.92. The van der Waals surface area contributed by atoms with E-state index in [1.165, 1.54) is 0 Å². The van der Waals surface area contributed by atoms with E-state index in [-0.39, 0.29) is 0 Å². The highest BCUT2D eigenvalue weighted by Crippen LogP contribution is 2.28. The van der Waals surface area contributed by atoms with Crippen LogP contribution in [0.2, 0.25) is 0 Å². The molecule has 0 radical (unpaired) electrons. The van der Waals surface area contributed by atoms with Crippen molar-refractivity contribution < 1.29 is 71.6 Å². The topological polar surface area (TPSA) is 230 Å². The molecule has 1 aliphatic carbocycles. The zero-order valence-corrected chi connectivity index (χ0v) is 24.5. The Kier molecular flexibility index (Phi) is 18.7. The fourth-order valence-corrected chi connectivity index (χ4v) is 3.88. The van der Waals surface area contributed by atoms with Gasteiger partial charge >= 0.3 is 31.5 Å². The van der Waals surface area contributed by atoms with E-state index in [0.717, 1.165) is 26.8 Å². The van der Waals surface area contributed by atoms with Crippen LogP contribution in [0, 0.1) is 0 Å². The molecule has 0 fully saturated rings. The second kappa shape index (κ2) is 18.9. The van der Waals surface area contributed by atoms with E-state index in [9.17, 15) is 15.5 Å². The lowest BCUT2D eigenvalue weighted by Gasteiger charge is -2.11. The van der Waals surface area contributed by atoms with Gasteiger partial charge in [0.05, 0.1) is 4.86 Å². The van der Waals surface area contributed by atoms with E-state index >= 15 is 0 Å². The van der Waals surface area contributed by atoms with Gasteiger partial charge in [0.15, 0.2) is 0 Å². The molecule has 23 heteroatoms. The molecule has 13 nitrogen and oxygen atoms in total. The number of allylic oxidation sites excluding steroid dienone is 4. The third-order valence-electron chi connectivity index (χ3n) is 3.05. The van der Waals surface area contributed by atoms with Crippen LogP contribution in [0.25, 0.3) is 0 Å². The van der Waals surface area contributed by atoms with E-state index in [4.69, 9.17) is 68.3 Å². The Labute approximate surface area is 241 Å². The Bertz CT molecular complexity index is 1390. The van der Waals surface area contributed by atoms with Crippen molar-refractivity contribution in [2.45, 2.75) is 16.2 Å². The van der Waals surface area contributed by atoms with Crippen molar-refractivity contribution in [2.24, 2.45) is 0 Å². The molecule has 3 N–H and O–H groups in total. The SMILES string of the molecule is O=S(=O)(O)F.O=S(=O)(O)F.O=S(=O)(O)F.O=S(=O)([O-])F.S=C1CC=CC=C1O[S+](c1ccccc1)c1ccccc1. The van der Waals surface area contributed by atoms with Crippen LogP contribution in [0.15, 0.2) is 94.4 Å². The molecular formula is C18H18F4O13S6. The summed E-state index contributed by atoms with van der Waals surface area (Å²) < 4.78 is 144. The van der Waals surface area contributed by atoms with Crippen molar-refractivity contribution in [1.29, 1.82) is 0 Å². The maximum absolute atomic E-state index is 10.2. The molecule has 0 aliphatic heterocycles. The van der Waals surface area contributed by atoms with Crippen LogP contribution in [0.1, 0.15) is 6.42 Å². The Morgan fingerprint density at radius 2 is 1.00 bits per heavy atom. The van der Waals surface area contributed by atoms with Gasteiger partial charge in [0.1, 0.15) is 0 Å². The third kappa shape index (κ3) is 35.5. The minimum absolute atomic E-state index is 0.459. The highest BCUT2D eigenvalue weighted by Gasteiger charge is 2.31. The van der Waals surface area contributed by atoms with Gasteiger partial charge in [0.25, 0.3) is 21.7 Å². The van der Waals surface area contributed by atoms with Gasteiger partial charge in [-0.1, -0.05) is 72.4 Å². The summed E-state index contributed by atoms with van der Waals surface area (Å²) in [6, 6.07) is 20.6. The van der Waals surface area contributed by atoms with Gasteiger partial charge in [-0.2, -0.15) is 25.3 Å². The van der Waals surface area contributed by atoms with Gasteiger partial charge in [-0.25, -0.2) is 8.42 Å². The molecule has 0 atom stereocenters. The standard InChI is InChI=1S/C18H15OS2.4FHO3S/c20-18-14-8-7-13-17(18)19-21(15-9-3-1-4-10-15)16-11-5-2-6-12-16;4*1-5(2,3)4/h1-13H,14H2;4*(H,2,3,4)/q+1;;;;/p-1. The fraction of sp³-hybridized carbons (Fsp3) is 0.0556. The van der Waals surface area contributed by atoms with Gasteiger partial charge in [-0.05, 0) is 30.3 Å². The Morgan fingerprint density at radius 1 is 0.707 bits per heavy atom. The molecule has 0 unspecified atom stereocenters. The third-order valence-corrected chi connectivity index (χ3v) is 5.16. The summed E-state index contributed by atoms with van der Waals surface area (Å²) in [5.74, 6) is 0.809. The molecule has 41 heavy (non-hydrogen) atoms. The maximum Gasteiger partial charge on any atom is 0.435 e. The van der Waals surface area contributed by atoms with Crippen LogP contribution in [-0.4, -0.2) is 56.7 Å². The van der Waals surface area contributed by atoms with Crippen LogP contribution >= 0.6 is 12.2 Å². The summed E-state index contributed by atoms with van der Waals surface area (Å²) in [6.45, 7) is 0. The average molecular weight is 711 g/mol. The summed E-state index contributed by atoms with van der Waals surface area (Å²) >= 11 is 4.95. The van der Waals surface area contributed by atoms with E-state index in [1.807, 2.05) is 48.6 Å². The predicted octanol–water partition coefficient (Wildman–Crippen LogP) is 3.56. The normalized spacial score (nSPS) is 12.9. The van der Waals surface area contributed by atoms with Gasteiger partial charge < -0.3 is 4.55 Å². The van der Waals surface area contributed by atoms with Crippen molar-refractivity contribution in [1.82, 2.24) is 0 Å².